The predicted octanol–water partition coefficient (Wildman–Crippen LogP) is 2.44. The van der Waals surface area contributed by atoms with Gasteiger partial charge in [0, 0.05) is 17.2 Å². The average molecular weight is 303 g/mol. The van der Waals surface area contributed by atoms with Gasteiger partial charge in [0.05, 0.1) is 5.69 Å². The molecule has 0 unspecified atom stereocenters. The molecule has 7 heteroatoms. The average Bonchev–Trinajstić information content (AvgIpc) is 3.21. The zero-order chi connectivity index (χ0) is 15.0. The van der Waals surface area contributed by atoms with Crippen molar-refractivity contribution in [3.05, 3.63) is 29.1 Å². The number of nitrogens with two attached hydrogens (primary N) is 1. The highest BCUT2D eigenvalue weighted by Gasteiger charge is 2.30. The molecule has 0 spiro atoms. The van der Waals surface area contributed by atoms with Gasteiger partial charge in [-0.05, 0) is 25.0 Å². The molecule has 1 aliphatic rings. The molecule has 1 amide bonds. The summed E-state index contributed by atoms with van der Waals surface area (Å²) in [6.45, 7) is 0. The number of carboxylic acid groups (broad SMARTS) is 1. The van der Waals surface area contributed by atoms with Crippen LogP contribution in [0.2, 0.25) is 0 Å². The van der Waals surface area contributed by atoms with Crippen LogP contribution in [0.4, 0.5) is 10.8 Å². The number of hydrogen-bond donors (Lipinski definition) is 3. The third-order valence-electron chi connectivity index (χ3n) is 3.18. The Balaban J connectivity index is 1.94. The lowest BCUT2D eigenvalue weighted by atomic mass is 10.1. The summed E-state index contributed by atoms with van der Waals surface area (Å²) < 4.78 is 0. The molecule has 1 fully saturated rings. The Hall–Kier alpha value is -2.41. The number of benzene rings is 1. The summed E-state index contributed by atoms with van der Waals surface area (Å²) in [5, 5.41) is 12.3. The van der Waals surface area contributed by atoms with E-state index in [-0.39, 0.29) is 16.7 Å². The summed E-state index contributed by atoms with van der Waals surface area (Å²) in [5.74, 6) is -1.11. The molecule has 2 aromatic rings. The quantitative estimate of drug-likeness (QED) is 0.752. The molecule has 0 atom stereocenters. The van der Waals surface area contributed by atoms with Crippen molar-refractivity contribution in [2.24, 2.45) is 5.92 Å². The fourth-order valence-corrected chi connectivity index (χ4v) is 2.74. The van der Waals surface area contributed by atoms with Crippen molar-refractivity contribution >= 4 is 34.0 Å². The summed E-state index contributed by atoms with van der Waals surface area (Å²) in [7, 11) is 0. The van der Waals surface area contributed by atoms with E-state index < -0.39 is 5.97 Å². The summed E-state index contributed by atoms with van der Waals surface area (Å²) in [6, 6.07) is 6.79. The number of nitrogen functional groups attached to an aromatic ring is 1. The Labute approximate surface area is 124 Å². The number of amides is 1. The zero-order valence-corrected chi connectivity index (χ0v) is 11.8. The van der Waals surface area contributed by atoms with E-state index in [0.717, 1.165) is 24.2 Å². The Morgan fingerprint density at radius 1 is 1.29 bits per heavy atom. The number of carbonyl (C=O) groups excluding carboxylic acids is 1. The van der Waals surface area contributed by atoms with Gasteiger partial charge >= 0.3 is 5.97 Å². The normalized spacial score (nSPS) is 13.9. The molecule has 4 N–H and O–H groups in total. The molecule has 0 aliphatic heterocycles. The number of nitrogens with zero attached hydrogens (tertiary/aromatic N) is 1. The fourth-order valence-electron chi connectivity index (χ4n) is 1.91. The van der Waals surface area contributed by atoms with Gasteiger partial charge in [0.25, 0.3) is 0 Å². The second-order valence-electron chi connectivity index (χ2n) is 4.89. The summed E-state index contributed by atoms with van der Waals surface area (Å²) in [4.78, 5) is 27.4. The summed E-state index contributed by atoms with van der Waals surface area (Å²) >= 11 is 0.966. The van der Waals surface area contributed by atoms with E-state index in [4.69, 9.17) is 5.73 Å². The Morgan fingerprint density at radius 2 is 1.95 bits per heavy atom. The first-order valence-electron chi connectivity index (χ1n) is 6.45. The number of aromatic carboxylic acids is 1. The summed E-state index contributed by atoms with van der Waals surface area (Å²) in [5.41, 5.74) is 7.22. The van der Waals surface area contributed by atoms with E-state index in [1.54, 1.807) is 24.3 Å². The van der Waals surface area contributed by atoms with E-state index in [0.29, 0.717) is 22.1 Å². The van der Waals surface area contributed by atoms with Gasteiger partial charge in [-0.15, -0.1) is 0 Å². The molecule has 0 radical (unpaired) electrons. The topological polar surface area (TPSA) is 105 Å². The Bertz CT molecular complexity index is 705. The van der Waals surface area contributed by atoms with Gasteiger partial charge < -0.3 is 16.2 Å². The van der Waals surface area contributed by atoms with Crippen molar-refractivity contribution in [1.82, 2.24) is 4.98 Å². The first-order valence-corrected chi connectivity index (χ1v) is 7.27. The molecule has 6 nitrogen and oxygen atoms in total. The van der Waals surface area contributed by atoms with Gasteiger partial charge in [0.2, 0.25) is 5.91 Å². The standard InChI is InChI=1S/C14H13N3O3S/c15-9-5-3-7(4-6-9)10-11(13(19)20)21-14(16-10)17-12(18)8-1-2-8/h3-6,8H,1-2,15H2,(H,19,20)(H,16,17,18). The third kappa shape index (κ3) is 2.87. The highest BCUT2D eigenvalue weighted by atomic mass is 32.1. The minimum atomic E-state index is -1.06. The van der Waals surface area contributed by atoms with Crippen LogP contribution in [0.15, 0.2) is 24.3 Å². The molecule has 0 bridgehead atoms. The molecule has 1 aromatic heterocycles. The Morgan fingerprint density at radius 3 is 2.52 bits per heavy atom. The number of carboxylic acids is 1. The lowest BCUT2D eigenvalue weighted by Crippen LogP contribution is -2.12. The zero-order valence-electron chi connectivity index (χ0n) is 11.0. The molecular formula is C14H13N3O3S. The van der Waals surface area contributed by atoms with Crippen molar-refractivity contribution in [3.8, 4) is 11.3 Å². The number of nitrogens with one attached hydrogen (secondary N) is 1. The Kier molecular flexibility index (Phi) is 3.34. The van der Waals surface area contributed by atoms with Crippen molar-refractivity contribution in [2.45, 2.75) is 12.8 Å². The van der Waals surface area contributed by atoms with E-state index in [1.807, 2.05) is 0 Å². The number of aromatic nitrogens is 1. The van der Waals surface area contributed by atoms with Gasteiger partial charge in [0.1, 0.15) is 4.88 Å². The molecular weight excluding hydrogens is 290 g/mol. The van der Waals surface area contributed by atoms with E-state index in [1.165, 1.54) is 0 Å². The molecule has 1 aromatic carbocycles. The van der Waals surface area contributed by atoms with Gasteiger partial charge in [-0.3, -0.25) is 4.79 Å². The van der Waals surface area contributed by atoms with Crippen LogP contribution in [0.5, 0.6) is 0 Å². The van der Waals surface area contributed by atoms with Crippen LogP contribution in [0.1, 0.15) is 22.5 Å². The minimum absolute atomic E-state index is 0.0437. The van der Waals surface area contributed by atoms with Gasteiger partial charge in [-0.2, -0.15) is 0 Å². The molecule has 1 saturated carbocycles. The van der Waals surface area contributed by atoms with E-state index in [2.05, 4.69) is 10.3 Å². The van der Waals surface area contributed by atoms with Crippen LogP contribution >= 0.6 is 11.3 Å². The smallest absolute Gasteiger partial charge is 0.348 e. The first kappa shape index (κ1) is 13.6. The SMILES string of the molecule is Nc1ccc(-c2nc(NC(=O)C3CC3)sc2C(=O)O)cc1. The van der Waals surface area contributed by atoms with Crippen LogP contribution in [-0.4, -0.2) is 22.0 Å². The van der Waals surface area contributed by atoms with Crippen LogP contribution in [0.25, 0.3) is 11.3 Å². The maximum atomic E-state index is 11.7. The van der Waals surface area contributed by atoms with Crippen LogP contribution in [0.3, 0.4) is 0 Å². The van der Waals surface area contributed by atoms with E-state index >= 15 is 0 Å². The van der Waals surface area contributed by atoms with Crippen molar-refractivity contribution < 1.29 is 14.7 Å². The molecule has 21 heavy (non-hydrogen) atoms. The maximum absolute atomic E-state index is 11.7. The lowest BCUT2D eigenvalue weighted by Gasteiger charge is -2.00. The number of thiazole rings is 1. The van der Waals surface area contributed by atoms with Crippen molar-refractivity contribution in [3.63, 3.8) is 0 Å². The fraction of sp³-hybridized carbons (Fsp3) is 0.214. The van der Waals surface area contributed by atoms with Crippen molar-refractivity contribution in [1.29, 1.82) is 0 Å². The molecule has 0 saturated heterocycles. The highest BCUT2D eigenvalue weighted by molar-refractivity contribution is 7.18. The number of anilines is 2. The third-order valence-corrected chi connectivity index (χ3v) is 4.14. The number of carbonyl (C=O) groups is 2. The molecule has 1 aliphatic carbocycles. The highest BCUT2D eigenvalue weighted by Crippen LogP contribution is 2.34. The second-order valence-corrected chi connectivity index (χ2v) is 5.89. The van der Waals surface area contributed by atoms with Gasteiger partial charge in [-0.25, -0.2) is 9.78 Å². The monoisotopic (exact) mass is 303 g/mol. The van der Waals surface area contributed by atoms with Crippen LogP contribution in [-0.2, 0) is 4.79 Å². The first-order chi connectivity index (χ1) is 10.0. The molecule has 1 heterocycles. The second kappa shape index (κ2) is 5.17. The van der Waals surface area contributed by atoms with E-state index in [9.17, 15) is 14.7 Å². The maximum Gasteiger partial charge on any atom is 0.348 e. The molecule has 3 rings (SSSR count). The van der Waals surface area contributed by atoms with Crippen molar-refractivity contribution in [2.75, 3.05) is 11.1 Å². The largest absolute Gasteiger partial charge is 0.477 e. The molecule has 108 valence electrons. The number of rotatable bonds is 4. The summed E-state index contributed by atoms with van der Waals surface area (Å²) in [6.07, 6.45) is 1.77. The van der Waals surface area contributed by atoms with Crippen LogP contribution < -0.4 is 11.1 Å². The lowest BCUT2D eigenvalue weighted by molar-refractivity contribution is -0.117. The van der Waals surface area contributed by atoms with Gasteiger partial charge in [0.15, 0.2) is 5.13 Å². The van der Waals surface area contributed by atoms with Gasteiger partial charge in [-0.1, -0.05) is 23.5 Å². The minimum Gasteiger partial charge on any atom is -0.477 e. The van der Waals surface area contributed by atoms with Crippen LogP contribution in [0, 0.1) is 5.92 Å². The predicted molar refractivity (Wildman–Crippen MR) is 80.3 cm³/mol. The number of hydrogen-bond acceptors (Lipinski definition) is 5.